The van der Waals surface area contributed by atoms with Crippen LogP contribution in [0, 0.1) is 5.82 Å². The number of rotatable bonds is 2. The van der Waals surface area contributed by atoms with E-state index in [1.807, 2.05) is 4.90 Å². The Balaban J connectivity index is 2.03. The van der Waals surface area contributed by atoms with Crippen LogP contribution in [-0.4, -0.2) is 30.4 Å². The Bertz CT molecular complexity index is 411. The molecule has 1 heterocycles. The maximum absolute atomic E-state index is 13.0. The Kier molecular flexibility index (Phi) is 3.56. The summed E-state index contributed by atoms with van der Waals surface area (Å²) in [5.74, 6) is -0.215. The van der Waals surface area contributed by atoms with Gasteiger partial charge in [0, 0.05) is 19.6 Å². The molecule has 1 aromatic rings. The molecule has 0 atom stereocenters. The number of carbonyl (C=O) groups excluding carboxylic acids is 1. The first kappa shape index (κ1) is 11.5. The Morgan fingerprint density at radius 2 is 2.31 bits per heavy atom. The molecule has 0 spiro atoms. The third-order valence-electron chi connectivity index (χ3n) is 2.51. The summed E-state index contributed by atoms with van der Waals surface area (Å²) in [4.78, 5) is 13.2. The molecule has 86 valence electrons. The number of amides is 1. The maximum atomic E-state index is 13.0. The fourth-order valence-electron chi connectivity index (χ4n) is 1.72. The summed E-state index contributed by atoms with van der Waals surface area (Å²) in [6.45, 7) is 2.60. The number of piperazine rings is 1. The molecule has 16 heavy (non-hydrogen) atoms. The van der Waals surface area contributed by atoms with E-state index in [1.165, 1.54) is 6.07 Å². The molecule has 1 aliphatic rings. The Labute approximate surface area is 102 Å². The van der Waals surface area contributed by atoms with Crippen molar-refractivity contribution in [3.8, 4) is 0 Å². The van der Waals surface area contributed by atoms with Crippen molar-refractivity contribution in [2.24, 2.45) is 0 Å². The molecule has 1 amide bonds. The van der Waals surface area contributed by atoms with Crippen LogP contribution < -0.4 is 5.32 Å². The monoisotopic (exact) mass is 286 g/mol. The second kappa shape index (κ2) is 4.93. The van der Waals surface area contributed by atoms with Gasteiger partial charge in [-0.3, -0.25) is 9.69 Å². The minimum atomic E-state index is -0.264. The highest BCUT2D eigenvalue weighted by atomic mass is 79.9. The minimum Gasteiger partial charge on any atom is -0.354 e. The second-order valence-electron chi connectivity index (χ2n) is 3.81. The van der Waals surface area contributed by atoms with Gasteiger partial charge in [0.25, 0.3) is 0 Å². The number of halogens is 2. The van der Waals surface area contributed by atoms with Crippen molar-refractivity contribution in [2.45, 2.75) is 6.54 Å². The number of nitrogens with one attached hydrogen (secondary N) is 1. The van der Waals surface area contributed by atoms with Crippen LogP contribution in [0.4, 0.5) is 4.39 Å². The normalized spacial score (nSPS) is 17.2. The van der Waals surface area contributed by atoms with Gasteiger partial charge in [0.15, 0.2) is 0 Å². The van der Waals surface area contributed by atoms with Gasteiger partial charge in [-0.2, -0.15) is 0 Å². The zero-order valence-corrected chi connectivity index (χ0v) is 10.3. The van der Waals surface area contributed by atoms with E-state index < -0.39 is 0 Å². The van der Waals surface area contributed by atoms with Crippen molar-refractivity contribution in [2.75, 3.05) is 19.6 Å². The SMILES string of the molecule is O=C1CN(Cc2ccc(F)c(Br)c2)CCN1. The number of nitrogens with zero attached hydrogens (tertiary/aromatic N) is 1. The van der Waals surface area contributed by atoms with E-state index in [2.05, 4.69) is 21.2 Å². The molecule has 2 rings (SSSR count). The average molecular weight is 287 g/mol. The number of hydrogen-bond acceptors (Lipinski definition) is 2. The van der Waals surface area contributed by atoms with Crippen LogP contribution in [0.25, 0.3) is 0 Å². The summed E-state index contributed by atoms with van der Waals surface area (Å²) in [5.41, 5.74) is 1.00. The van der Waals surface area contributed by atoms with Crippen LogP contribution in [0.5, 0.6) is 0 Å². The van der Waals surface area contributed by atoms with E-state index in [-0.39, 0.29) is 11.7 Å². The highest BCUT2D eigenvalue weighted by Gasteiger charge is 2.16. The van der Waals surface area contributed by atoms with Crippen molar-refractivity contribution in [1.29, 1.82) is 0 Å². The predicted octanol–water partition coefficient (Wildman–Crippen LogP) is 1.52. The van der Waals surface area contributed by atoms with Gasteiger partial charge < -0.3 is 5.32 Å². The summed E-state index contributed by atoms with van der Waals surface area (Å²) in [7, 11) is 0. The topological polar surface area (TPSA) is 32.3 Å². The number of carbonyl (C=O) groups is 1. The minimum absolute atomic E-state index is 0.0485. The lowest BCUT2D eigenvalue weighted by atomic mass is 10.2. The van der Waals surface area contributed by atoms with Crippen molar-refractivity contribution in [3.05, 3.63) is 34.1 Å². The van der Waals surface area contributed by atoms with E-state index in [0.29, 0.717) is 24.1 Å². The van der Waals surface area contributed by atoms with Crippen LogP contribution in [-0.2, 0) is 11.3 Å². The first-order valence-electron chi connectivity index (χ1n) is 5.08. The lowest BCUT2D eigenvalue weighted by Crippen LogP contribution is -2.47. The molecule has 0 saturated carbocycles. The molecule has 1 saturated heterocycles. The molecule has 1 aromatic carbocycles. The Hall–Kier alpha value is -0.940. The quantitative estimate of drug-likeness (QED) is 0.894. The van der Waals surface area contributed by atoms with E-state index >= 15 is 0 Å². The third-order valence-corrected chi connectivity index (χ3v) is 3.12. The van der Waals surface area contributed by atoms with E-state index in [9.17, 15) is 9.18 Å². The lowest BCUT2D eigenvalue weighted by Gasteiger charge is -2.26. The molecule has 1 N–H and O–H groups in total. The second-order valence-corrected chi connectivity index (χ2v) is 4.66. The molecule has 5 heteroatoms. The van der Waals surface area contributed by atoms with Crippen molar-refractivity contribution >= 4 is 21.8 Å². The van der Waals surface area contributed by atoms with Gasteiger partial charge in [0.2, 0.25) is 5.91 Å². The predicted molar refractivity (Wildman–Crippen MR) is 62.4 cm³/mol. The van der Waals surface area contributed by atoms with Crippen molar-refractivity contribution in [1.82, 2.24) is 10.2 Å². The van der Waals surface area contributed by atoms with Crippen LogP contribution in [0.1, 0.15) is 5.56 Å². The van der Waals surface area contributed by atoms with E-state index in [4.69, 9.17) is 0 Å². The molecule has 1 fully saturated rings. The molecule has 0 unspecified atom stereocenters. The molecule has 3 nitrogen and oxygen atoms in total. The number of benzene rings is 1. The first-order valence-corrected chi connectivity index (χ1v) is 5.87. The lowest BCUT2D eigenvalue weighted by molar-refractivity contribution is -0.124. The molecular weight excluding hydrogens is 275 g/mol. The molecule has 0 aliphatic carbocycles. The molecule has 0 aromatic heterocycles. The van der Waals surface area contributed by atoms with Gasteiger partial charge in [-0.25, -0.2) is 4.39 Å². The van der Waals surface area contributed by atoms with Crippen LogP contribution in [0.3, 0.4) is 0 Å². The van der Waals surface area contributed by atoms with E-state index in [1.54, 1.807) is 12.1 Å². The Morgan fingerprint density at radius 1 is 1.50 bits per heavy atom. The van der Waals surface area contributed by atoms with Gasteiger partial charge in [-0.1, -0.05) is 6.07 Å². The summed E-state index contributed by atoms with van der Waals surface area (Å²) < 4.78 is 13.5. The van der Waals surface area contributed by atoms with Crippen LogP contribution in [0.15, 0.2) is 22.7 Å². The van der Waals surface area contributed by atoms with Gasteiger partial charge >= 0.3 is 0 Å². The summed E-state index contributed by atoms with van der Waals surface area (Å²) in [6.07, 6.45) is 0. The van der Waals surface area contributed by atoms with Crippen molar-refractivity contribution in [3.63, 3.8) is 0 Å². The fourth-order valence-corrected chi connectivity index (χ4v) is 2.15. The summed E-state index contributed by atoms with van der Waals surface area (Å²) >= 11 is 3.15. The molecule has 0 bridgehead atoms. The fraction of sp³-hybridized carbons (Fsp3) is 0.364. The third kappa shape index (κ3) is 2.80. The molecule has 0 radical (unpaired) electrons. The van der Waals surface area contributed by atoms with Gasteiger partial charge in [0.05, 0.1) is 11.0 Å². The highest BCUT2D eigenvalue weighted by Crippen LogP contribution is 2.18. The zero-order valence-electron chi connectivity index (χ0n) is 8.67. The van der Waals surface area contributed by atoms with Gasteiger partial charge in [-0.15, -0.1) is 0 Å². The first-order chi connectivity index (χ1) is 7.65. The largest absolute Gasteiger partial charge is 0.354 e. The Morgan fingerprint density at radius 3 is 3.00 bits per heavy atom. The van der Waals surface area contributed by atoms with Gasteiger partial charge in [-0.05, 0) is 33.6 Å². The maximum Gasteiger partial charge on any atom is 0.234 e. The van der Waals surface area contributed by atoms with Crippen molar-refractivity contribution < 1.29 is 9.18 Å². The summed E-state index contributed by atoms with van der Waals surface area (Å²) in [5, 5.41) is 2.77. The summed E-state index contributed by atoms with van der Waals surface area (Å²) in [6, 6.07) is 4.93. The standard InChI is InChI=1S/C11H12BrFN2O/c12-9-5-8(1-2-10(9)13)6-15-4-3-14-11(16)7-15/h1-2,5H,3-4,6-7H2,(H,14,16). The van der Waals surface area contributed by atoms with Gasteiger partial charge in [0.1, 0.15) is 5.82 Å². The molecular formula is C11H12BrFN2O. The van der Waals surface area contributed by atoms with Crippen LogP contribution in [0.2, 0.25) is 0 Å². The average Bonchev–Trinajstić information content (AvgIpc) is 2.24. The van der Waals surface area contributed by atoms with E-state index in [0.717, 1.165) is 12.1 Å². The van der Waals surface area contributed by atoms with Crippen LogP contribution >= 0.6 is 15.9 Å². The highest BCUT2D eigenvalue weighted by molar-refractivity contribution is 9.10. The smallest absolute Gasteiger partial charge is 0.234 e. The number of hydrogen-bond donors (Lipinski definition) is 1. The zero-order chi connectivity index (χ0) is 11.5. The molecule has 1 aliphatic heterocycles.